The predicted molar refractivity (Wildman–Crippen MR) is 63.7 cm³/mol. The Hall–Kier alpha value is -0.178. The molecule has 0 saturated heterocycles. The lowest BCUT2D eigenvalue weighted by Gasteiger charge is -2.02. The standard InChI is InChI=1S/C9H7N2.Al.HI/c1-7-10-6-8-4-2-3-5-9(8)11-7;;/h2-5H,1H3;;1H/q;+1;/p-1. The summed E-state index contributed by atoms with van der Waals surface area (Å²) in [5.74, 6) is 0.873. The highest BCUT2D eigenvalue weighted by molar-refractivity contribution is 14.1. The summed E-state index contributed by atoms with van der Waals surface area (Å²) in [5, 5.41) is 1.21. The zero-order valence-electron chi connectivity index (χ0n) is 7.16. The zero-order valence-corrected chi connectivity index (χ0v) is 10.5. The molecule has 0 fully saturated rings. The minimum Gasteiger partial charge on any atom is -0.256 e. The molecule has 1 radical (unpaired) electrons. The topological polar surface area (TPSA) is 25.8 Å². The fourth-order valence-corrected chi connectivity index (χ4v) is 3.33. The monoisotopic (exact) mass is 297 g/mol. The normalized spacial score (nSPS) is 10.3. The maximum Gasteiger partial charge on any atom is 0.388 e. The third kappa shape index (κ3) is 1.85. The number of hydrogen-bond donors (Lipinski definition) is 0. The van der Waals surface area contributed by atoms with Gasteiger partial charge in [0.15, 0.2) is 0 Å². The summed E-state index contributed by atoms with van der Waals surface area (Å²) in [6.45, 7) is 1.95. The van der Waals surface area contributed by atoms with Gasteiger partial charge >= 0.3 is 11.9 Å². The van der Waals surface area contributed by atoms with Crippen molar-refractivity contribution < 1.29 is 0 Å². The molecule has 0 unspecified atom stereocenters. The first-order valence-electron chi connectivity index (χ1n) is 3.98. The average Bonchev–Trinajstić information content (AvgIpc) is 2.16. The molecule has 2 aromatic rings. The molecule has 0 bridgehead atoms. The number of rotatable bonds is 1. The van der Waals surface area contributed by atoms with Crippen molar-refractivity contribution in [3.05, 3.63) is 30.1 Å². The Labute approximate surface area is 94.2 Å². The molecular formula is C9H7AlIN2. The van der Waals surface area contributed by atoms with E-state index in [-0.39, 0.29) is 11.9 Å². The molecule has 1 heterocycles. The summed E-state index contributed by atoms with van der Waals surface area (Å²) in [6, 6.07) is 8.19. The second-order valence-electron chi connectivity index (χ2n) is 2.78. The van der Waals surface area contributed by atoms with E-state index in [1.54, 1.807) is 0 Å². The van der Waals surface area contributed by atoms with Crippen LogP contribution in [0.15, 0.2) is 24.3 Å². The first kappa shape index (κ1) is 9.38. The first-order chi connectivity index (χ1) is 6.31. The van der Waals surface area contributed by atoms with Crippen molar-refractivity contribution in [3.63, 3.8) is 0 Å². The summed E-state index contributed by atoms with van der Waals surface area (Å²) >= 11 is 2.64. The number of aryl methyl sites for hydroxylation is 1. The van der Waals surface area contributed by atoms with Gasteiger partial charge in [-0.2, -0.15) is 0 Å². The van der Waals surface area contributed by atoms with Crippen LogP contribution in [0.5, 0.6) is 0 Å². The van der Waals surface area contributed by atoms with E-state index >= 15 is 0 Å². The van der Waals surface area contributed by atoms with Crippen molar-refractivity contribution in [1.82, 2.24) is 9.97 Å². The number of benzene rings is 1. The van der Waals surface area contributed by atoms with Crippen molar-refractivity contribution in [1.29, 1.82) is 0 Å². The van der Waals surface area contributed by atoms with Crippen LogP contribution >= 0.6 is 20.3 Å². The molecule has 1 aromatic heterocycles. The Bertz CT molecular complexity index is 445. The zero-order chi connectivity index (χ0) is 9.26. The third-order valence-corrected chi connectivity index (χ3v) is 4.26. The molecule has 0 atom stereocenters. The molecule has 0 spiro atoms. The van der Waals surface area contributed by atoms with Crippen LogP contribution in [0.4, 0.5) is 0 Å². The second kappa shape index (κ2) is 3.91. The van der Waals surface area contributed by atoms with Crippen LogP contribution in [0.2, 0.25) is 0 Å². The molecule has 0 amide bonds. The van der Waals surface area contributed by atoms with Gasteiger partial charge in [0, 0.05) is 5.39 Å². The highest BCUT2D eigenvalue weighted by Gasteiger charge is 2.03. The summed E-state index contributed by atoms with van der Waals surface area (Å²) in [5.41, 5.74) is 1.06. The highest BCUT2D eigenvalue weighted by atomic mass is 127. The fourth-order valence-electron chi connectivity index (χ4n) is 1.30. The maximum absolute atomic E-state index is 4.44. The van der Waals surface area contributed by atoms with E-state index in [9.17, 15) is 0 Å². The van der Waals surface area contributed by atoms with Crippen LogP contribution in [0.1, 0.15) is 5.82 Å². The first-order valence-corrected chi connectivity index (χ1v) is 8.73. The number of para-hydroxylation sites is 1. The van der Waals surface area contributed by atoms with Crippen LogP contribution in [0.3, 0.4) is 0 Å². The average molecular weight is 297 g/mol. The second-order valence-corrected chi connectivity index (χ2v) is 5.42. The Morgan fingerprint density at radius 1 is 1.23 bits per heavy atom. The lowest BCUT2D eigenvalue weighted by molar-refractivity contribution is 1.11. The third-order valence-electron chi connectivity index (χ3n) is 1.85. The van der Waals surface area contributed by atoms with Crippen molar-refractivity contribution in [3.8, 4) is 0 Å². The van der Waals surface area contributed by atoms with Gasteiger partial charge in [-0.15, -0.1) is 0 Å². The Kier molecular flexibility index (Phi) is 2.82. The van der Waals surface area contributed by atoms with Crippen LogP contribution in [-0.4, -0.2) is 21.9 Å². The molecule has 2 rings (SSSR count). The molecule has 2 nitrogen and oxygen atoms in total. The van der Waals surface area contributed by atoms with Crippen molar-refractivity contribution >= 4 is 47.7 Å². The molecule has 13 heavy (non-hydrogen) atoms. The van der Waals surface area contributed by atoms with Gasteiger partial charge in [-0.05, 0) is 17.5 Å². The minimum atomic E-state index is 0.233. The van der Waals surface area contributed by atoms with Gasteiger partial charge < -0.3 is 0 Å². The molecule has 63 valence electrons. The van der Waals surface area contributed by atoms with Crippen LogP contribution in [0.25, 0.3) is 10.9 Å². The van der Waals surface area contributed by atoms with Crippen LogP contribution in [-0.2, 0) is 0 Å². The molecule has 0 N–H and O–H groups in total. The predicted octanol–water partition coefficient (Wildman–Crippen LogP) is 1.62. The van der Waals surface area contributed by atoms with E-state index < -0.39 is 0 Å². The molecule has 0 aliphatic heterocycles. The molecule has 4 heteroatoms. The number of aromatic nitrogens is 2. The van der Waals surface area contributed by atoms with Crippen molar-refractivity contribution in [2.75, 3.05) is 0 Å². The van der Waals surface area contributed by atoms with Gasteiger partial charge in [-0.25, -0.2) is 25.3 Å². The van der Waals surface area contributed by atoms with Gasteiger partial charge in [-0.3, -0.25) is 4.98 Å². The number of halogens is 1. The van der Waals surface area contributed by atoms with E-state index in [0.717, 1.165) is 11.3 Å². The lowest BCUT2D eigenvalue weighted by Crippen LogP contribution is -2.16. The number of fused-ring (bicyclic) bond motifs is 1. The van der Waals surface area contributed by atoms with E-state index in [4.69, 9.17) is 0 Å². The van der Waals surface area contributed by atoms with Gasteiger partial charge in [0.25, 0.3) is 0 Å². The summed E-state index contributed by atoms with van der Waals surface area (Å²) in [7, 11) is 0. The largest absolute Gasteiger partial charge is 0.388 e. The van der Waals surface area contributed by atoms with Crippen LogP contribution in [0, 0.1) is 6.92 Å². The quantitative estimate of drug-likeness (QED) is 0.590. The number of nitrogens with zero attached hydrogens (tertiary/aromatic N) is 2. The highest BCUT2D eigenvalue weighted by Crippen LogP contribution is 2.07. The smallest absolute Gasteiger partial charge is 0.256 e. The maximum atomic E-state index is 4.44. The fraction of sp³-hybridized carbons (Fsp3) is 0.111. The van der Waals surface area contributed by atoms with Gasteiger partial charge in [-0.1, -0.05) is 18.2 Å². The summed E-state index contributed by atoms with van der Waals surface area (Å²) in [6.07, 6.45) is 0. The van der Waals surface area contributed by atoms with Crippen molar-refractivity contribution in [2.45, 2.75) is 6.92 Å². The van der Waals surface area contributed by atoms with E-state index in [2.05, 4.69) is 36.3 Å². The van der Waals surface area contributed by atoms with Gasteiger partial charge in [0.2, 0.25) is 0 Å². The molecule has 0 aliphatic rings. The SMILES string of the molecule is Cc1n[c]([Al][I])c2ccccc2n1. The Morgan fingerprint density at radius 3 is 2.77 bits per heavy atom. The Balaban J connectivity index is 2.81. The van der Waals surface area contributed by atoms with E-state index in [0.29, 0.717) is 0 Å². The number of hydrogen-bond acceptors (Lipinski definition) is 2. The van der Waals surface area contributed by atoms with Crippen molar-refractivity contribution in [2.24, 2.45) is 0 Å². The molecule has 0 saturated carbocycles. The summed E-state index contributed by atoms with van der Waals surface area (Å²) < 4.78 is 1.21. The van der Waals surface area contributed by atoms with Gasteiger partial charge in [0.05, 0.1) is 5.52 Å². The minimum absolute atomic E-state index is 0.233. The van der Waals surface area contributed by atoms with E-state index in [1.165, 1.54) is 9.94 Å². The van der Waals surface area contributed by atoms with E-state index in [1.807, 2.05) is 25.1 Å². The summed E-state index contributed by atoms with van der Waals surface area (Å²) in [4.78, 5) is 8.82. The van der Waals surface area contributed by atoms with Crippen LogP contribution < -0.4 is 4.56 Å². The molecule has 0 aliphatic carbocycles. The lowest BCUT2D eigenvalue weighted by atomic mass is 10.2. The Morgan fingerprint density at radius 2 is 2.00 bits per heavy atom. The molecular weight excluding hydrogens is 290 g/mol. The molecule has 1 aromatic carbocycles. The van der Waals surface area contributed by atoms with Gasteiger partial charge in [0.1, 0.15) is 5.82 Å².